The molecule has 0 aliphatic carbocycles. The van der Waals surface area contributed by atoms with Gasteiger partial charge in [-0.2, -0.15) is 13.2 Å². The summed E-state index contributed by atoms with van der Waals surface area (Å²) in [4.78, 5) is 31.3. The van der Waals surface area contributed by atoms with E-state index >= 15 is 0 Å². The number of halogens is 3. The van der Waals surface area contributed by atoms with Gasteiger partial charge in [0.05, 0.1) is 42.4 Å². The normalized spacial score (nSPS) is 17.6. The number of carbonyl (C=O) groups excluding carboxylic acids is 1. The molecule has 2 aliphatic heterocycles. The van der Waals surface area contributed by atoms with Crippen LogP contribution in [0.25, 0.3) is 0 Å². The van der Waals surface area contributed by atoms with Crippen LogP contribution in [0.1, 0.15) is 36.4 Å². The molecule has 0 radical (unpaired) electrons. The number of ether oxygens (including phenoxy) is 1. The minimum absolute atomic E-state index is 0.321. The fourth-order valence-corrected chi connectivity index (χ4v) is 5.60. The zero-order valence-electron chi connectivity index (χ0n) is 24.9. The molecular formula is C31H36F3N7O3. The van der Waals surface area contributed by atoms with Crippen LogP contribution in [0.2, 0.25) is 0 Å². The Labute approximate surface area is 254 Å². The Hall–Kier alpha value is -4.36. The molecule has 2 fully saturated rings. The van der Waals surface area contributed by atoms with E-state index in [1.165, 1.54) is 23.5 Å². The van der Waals surface area contributed by atoms with Crippen molar-refractivity contribution in [1.82, 2.24) is 14.9 Å². The number of alkyl halides is 3. The predicted octanol–water partition coefficient (Wildman–Crippen LogP) is 5.79. The lowest BCUT2D eigenvalue weighted by Gasteiger charge is -2.37. The first-order valence-corrected chi connectivity index (χ1v) is 14.3. The van der Waals surface area contributed by atoms with Gasteiger partial charge in [-0.05, 0) is 56.8 Å². The van der Waals surface area contributed by atoms with Gasteiger partial charge < -0.3 is 25.2 Å². The summed E-state index contributed by atoms with van der Waals surface area (Å²) >= 11 is 0. The lowest BCUT2D eigenvalue weighted by atomic mass is 10.0. The third kappa shape index (κ3) is 6.89. The number of benzene rings is 2. The lowest BCUT2D eigenvalue weighted by molar-refractivity contribution is -0.137. The van der Waals surface area contributed by atoms with Crippen molar-refractivity contribution in [2.24, 2.45) is 0 Å². The van der Waals surface area contributed by atoms with Crippen LogP contribution in [0.4, 0.5) is 41.9 Å². The van der Waals surface area contributed by atoms with Crippen molar-refractivity contribution >= 4 is 34.6 Å². The summed E-state index contributed by atoms with van der Waals surface area (Å²) in [5.41, 5.74) is 1.71. The van der Waals surface area contributed by atoms with E-state index in [0.717, 1.165) is 43.8 Å². The monoisotopic (exact) mass is 611 g/mol. The van der Waals surface area contributed by atoms with Crippen molar-refractivity contribution in [3.05, 3.63) is 72.6 Å². The van der Waals surface area contributed by atoms with Crippen molar-refractivity contribution < 1.29 is 27.5 Å². The van der Waals surface area contributed by atoms with Crippen molar-refractivity contribution in [3.63, 3.8) is 0 Å². The fourth-order valence-electron chi connectivity index (χ4n) is 5.60. The van der Waals surface area contributed by atoms with Crippen LogP contribution in [0, 0.1) is 0 Å². The molecule has 0 saturated carbocycles. The number of rotatable bonds is 9. The summed E-state index contributed by atoms with van der Waals surface area (Å²) in [6.45, 7) is 5.53. The second kappa shape index (κ2) is 13.1. The van der Waals surface area contributed by atoms with Crippen molar-refractivity contribution in [2.75, 3.05) is 61.5 Å². The van der Waals surface area contributed by atoms with E-state index in [1.807, 2.05) is 6.07 Å². The number of aromatic nitrogens is 2. The number of nitrogens with zero attached hydrogens (tertiary/aromatic N) is 5. The van der Waals surface area contributed by atoms with Crippen LogP contribution in [0.3, 0.4) is 0 Å². The maximum absolute atomic E-state index is 13.4. The van der Waals surface area contributed by atoms with Crippen LogP contribution in [-0.4, -0.2) is 67.7 Å². The number of hydroxylamine groups is 1. The highest BCUT2D eigenvalue weighted by molar-refractivity contribution is 6.02. The quantitative estimate of drug-likeness (QED) is 0.292. The van der Waals surface area contributed by atoms with Gasteiger partial charge in [0.15, 0.2) is 5.82 Å². The Balaban J connectivity index is 1.42. The SMILES string of the molecule is C=CC(=O)Nc1cc(Nc2cc(N3OCCC3c3cccc(C(F)(F)F)c3)ncn2)c(OC)cc1N1CCC(N(C)C)CC1. The summed E-state index contributed by atoms with van der Waals surface area (Å²) in [5.74, 6) is 0.960. The van der Waals surface area contributed by atoms with E-state index in [9.17, 15) is 18.0 Å². The summed E-state index contributed by atoms with van der Waals surface area (Å²) in [6.07, 6.45) is 0.558. The van der Waals surface area contributed by atoms with E-state index in [4.69, 9.17) is 9.57 Å². The van der Waals surface area contributed by atoms with E-state index in [0.29, 0.717) is 53.4 Å². The molecule has 2 aliphatic rings. The second-order valence-electron chi connectivity index (χ2n) is 10.9. The maximum atomic E-state index is 13.4. The largest absolute Gasteiger partial charge is 0.494 e. The smallest absolute Gasteiger partial charge is 0.416 e. The standard InChI is InChI=1S/C31H36F3N7O3/c1-5-30(42)38-23-16-24(27(43-4)17-26(23)40-12-9-22(10-13-40)39(2)3)37-28-18-29(36-19-35-28)41-25(11-14-44-41)20-7-6-8-21(15-20)31(32,33)34/h5-8,15-19,22,25H,1,9-14H2,2-4H3,(H,38,42)(H,35,36,37). The molecule has 2 saturated heterocycles. The van der Waals surface area contributed by atoms with Gasteiger partial charge in [-0.25, -0.2) is 15.0 Å². The molecule has 0 bridgehead atoms. The molecule has 13 heteroatoms. The number of carbonyl (C=O) groups is 1. The minimum Gasteiger partial charge on any atom is -0.494 e. The Kier molecular flexibility index (Phi) is 9.25. The zero-order valence-corrected chi connectivity index (χ0v) is 24.9. The summed E-state index contributed by atoms with van der Waals surface area (Å²) < 4.78 is 45.9. The Morgan fingerprint density at radius 1 is 1.11 bits per heavy atom. The van der Waals surface area contributed by atoms with Gasteiger partial charge in [-0.15, -0.1) is 0 Å². The number of piperidine rings is 1. The number of methoxy groups -OCH3 is 1. The Morgan fingerprint density at radius 2 is 1.89 bits per heavy atom. The molecule has 1 amide bonds. The number of hydrogen-bond donors (Lipinski definition) is 2. The topological polar surface area (TPSA) is 95.1 Å². The summed E-state index contributed by atoms with van der Waals surface area (Å²) in [5, 5.41) is 7.67. The van der Waals surface area contributed by atoms with Crippen molar-refractivity contribution in [3.8, 4) is 5.75 Å². The lowest BCUT2D eigenvalue weighted by Crippen LogP contribution is -2.42. The molecule has 234 valence electrons. The molecular weight excluding hydrogens is 575 g/mol. The first-order chi connectivity index (χ1) is 21.1. The average Bonchev–Trinajstić information content (AvgIpc) is 3.51. The molecule has 2 aromatic carbocycles. The van der Waals surface area contributed by atoms with Crippen LogP contribution in [0.5, 0.6) is 5.75 Å². The van der Waals surface area contributed by atoms with Crippen LogP contribution in [-0.2, 0) is 15.8 Å². The average molecular weight is 612 g/mol. The van der Waals surface area contributed by atoms with E-state index in [2.05, 4.69) is 51.1 Å². The summed E-state index contributed by atoms with van der Waals surface area (Å²) in [7, 11) is 5.73. The van der Waals surface area contributed by atoms with Gasteiger partial charge in [0, 0.05) is 37.7 Å². The number of nitrogens with one attached hydrogen (secondary N) is 2. The molecule has 1 aromatic heterocycles. The third-order valence-corrected chi connectivity index (χ3v) is 7.94. The van der Waals surface area contributed by atoms with Gasteiger partial charge in [-0.3, -0.25) is 9.63 Å². The molecule has 5 rings (SSSR count). The van der Waals surface area contributed by atoms with Crippen LogP contribution in [0.15, 0.2) is 61.4 Å². The Bertz CT molecular complexity index is 1490. The number of amides is 1. The van der Waals surface area contributed by atoms with Crippen LogP contribution >= 0.6 is 0 Å². The van der Waals surface area contributed by atoms with Gasteiger partial charge >= 0.3 is 6.18 Å². The molecule has 44 heavy (non-hydrogen) atoms. The van der Waals surface area contributed by atoms with Crippen molar-refractivity contribution in [1.29, 1.82) is 0 Å². The molecule has 2 N–H and O–H groups in total. The third-order valence-electron chi connectivity index (χ3n) is 7.94. The molecule has 10 nitrogen and oxygen atoms in total. The van der Waals surface area contributed by atoms with Gasteiger partial charge in [-0.1, -0.05) is 18.7 Å². The van der Waals surface area contributed by atoms with Gasteiger partial charge in [0.25, 0.3) is 0 Å². The molecule has 1 unspecified atom stereocenters. The van der Waals surface area contributed by atoms with E-state index < -0.39 is 17.8 Å². The highest BCUT2D eigenvalue weighted by atomic mass is 19.4. The first kappa shape index (κ1) is 31.1. The highest BCUT2D eigenvalue weighted by Crippen LogP contribution is 2.41. The van der Waals surface area contributed by atoms with Gasteiger partial charge in [0.2, 0.25) is 5.91 Å². The molecule has 3 heterocycles. The maximum Gasteiger partial charge on any atom is 0.416 e. The molecule has 0 spiro atoms. The Morgan fingerprint density at radius 3 is 2.57 bits per heavy atom. The fraction of sp³-hybridized carbons (Fsp3) is 0.387. The molecule has 3 aromatic rings. The minimum atomic E-state index is -4.45. The number of hydrogen-bond acceptors (Lipinski definition) is 9. The number of anilines is 5. The van der Waals surface area contributed by atoms with Gasteiger partial charge in [0.1, 0.15) is 17.9 Å². The first-order valence-electron chi connectivity index (χ1n) is 14.3. The summed E-state index contributed by atoms with van der Waals surface area (Å²) in [6, 6.07) is 10.6. The predicted molar refractivity (Wildman–Crippen MR) is 163 cm³/mol. The second-order valence-corrected chi connectivity index (χ2v) is 10.9. The van der Waals surface area contributed by atoms with Crippen molar-refractivity contribution in [2.45, 2.75) is 37.5 Å². The molecule has 1 atom stereocenters. The highest BCUT2D eigenvalue weighted by Gasteiger charge is 2.34. The van der Waals surface area contributed by atoms with E-state index in [1.54, 1.807) is 25.3 Å². The van der Waals surface area contributed by atoms with Crippen LogP contribution < -0.4 is 25.3 Å². The van der Waals surface area contributed by atoms with E-state index in [-0.39, 0.29) is 5.91 Å². The zero-order chi connectivity index (χ0) is 31.4.